The van der Waals surface area contributed by atoms with E-state index in [1.807, 2.05) is 38.1 Å². The molecule has 0 saturated heterocycles. The molecule has 0 unspecified atom stereocenters. The standard InChI is InChI=1S/C22H34BN3O6/c1-14(2)19-21(28)25-18(22(29)30-3)6-4-5-11-31-16-9-7-15(8-10-16)12-17(20(27)26-19)23-32-13-24/h7-10,14,17-19,23H,4-6,11-13,24H2,1-3H3,(H,25,28)(H,26,27)/t17-,18-,19-/m0/s1. The van der Waals surface area contributed by atoms with E-state index in [0.717, 1.165) is 11.3 Å². The van der Waals surface area contributed by atoms with Crippen LogP contribution in [0, 0.1) is 5.92 Å². The van der Waals surface area contributed by atoms with E-state index >= 15 is 0 Å². The molecular weight excluding hydrogens is 413 g/mol. The number of hydrogen-bond acceptors (Lipinski definition) is 7. The zero-order valence-electron chi connectivity index (χ0n) is 19.1. The Morgan fingerprint density at radius 1 is 1.19 bits per heavy atom. The minimum Gasteiger partial charge on any atom is -0.494 e. The summed E-state index contributed by atoms with van der Waals surface area (Å²) in [6, 6.07) is 5.95. The highest BCUT2D eigenvalue weighted by molar-refractivity contribution is 6.37. The Kier molecular flexibility index (Phi) is 10.5. The number of hydrogen-bond donors (Lipinski definition) is 3. The maximum Gasteiger partial charge on any atom is 0.328 e. The molecule has 0 saturated carbocycles. The molecule has 2 aliphatic rings. The summed E-state index contributed by atoms with van der Waals surface area (Å²) in [4.78, 5) is 38.3. The fourth-order valence-corrected chi connectivity index (χ4v) is 3.54. The Morgan fingerprint density at radius 3 is 2.53 bits per heavy atom. The predicted octanol–water partition coefficient (Wildman–Crippen LogP) is 0.663. The van der Waals surface area contributed by atoms with Crippen LogP contribution in [0.4, 0.5) is 0 Å². The van der Waals surface area contributed by atoms with Crippen LogP contribution in [0.5, 0.6) is 5.75 Å². The topological polar surface area (TPSA) is 129 Å². The maximum atomic E-state index is 13.1. The molecule has 0 radical (unpaired) electrons. The third-order valence-corrected chi connectivity index (χ3v) is 5.42. The van der Waals surface area contributed by atoms with Gasteiger partial charge in [0.15, 0.2) is 0 Å². The molecule has 32 heavy (non-hydrogen) atoms. The number of carbonyl (C=O) groups is 3. The molecule has 0 aliphatic carbocycles. The summed E-state index contributed by atoms with van der Waals surface area (Å²) in [5, 5.41) is 5.59. The van der Waals surface area contributed by atoms with Gasteiger partial charge in [-0.15, -0.1) is 0 Å². The van der Waals surface area contributed by atoms with Crippen LogP contribution >= 0.6 is 0 Å². The van der Waals surface area contributed by atoms with Crippen LogP contribution in [0.2, 0.25) is 5.82 Å². The first-order valence-corrected chi connectivity index (χ1v) is 11.0. The van der Waals surface area contributed by atoms with Crippen molar-refractivity contribution in [3.8, 4) is 5.75 Å². The summed E-state index contributed by atoms with van der Waals surface area (Å²) >= 11 is 0. The molecule has 1 aromatic carbocycles. The van der Waals surface area contributed by atoms with E-state index in [9.17, 15) is 14.4 Å². The fraction of sp³-hybridized carbons (Fsp3) is 0.591. The molecule has 0 aromatic heterocycles. The Labute approximate surface area is 190 Å². The Morgan fingerprint density at radius 2 is 1.91 bits per heavy atom. The van der Waals surface area contributed by atoms with Gasteiger partial charge in [-0.1, -0.05) is 26.0 Å². The van der Waals surface area contributed by atoms with E-state index in [1.54, 1.807) is 0 Å². The van der Waals surface area contributed by atoms with Crippen LogP contribution < -0.4 is 21.1 Å². The number of esters is 1. The van der Waals surface area contributed by atoms with E-state index in [4.69, 9.17) is 19.9 Å². The number of ether oxygens (including phenoxy) is 2. The van der Waals surface area contributed by atoms with E-state index in [2.05, 4.69) is 10.6 Å². The highest BCUT2D eigenvalue weighted by atomic mass is 16.5. The third kappa shape index (κ3) is 7.83. The number of nitrogens with one attached hydrogen (secondary N) is 2. The molecule has 1 aromatic rings. The molecule has 2 aliphatic heterocycles. The molecule has 2 bridgehead atoms. The van der Waals surface area contributed by atoms with Crippen LogP contribution in [0.3, 0.4) is 0 Å². The van der Waals surface area contributed by atoms with Crippen molar-refractivity contribution >= 4 is 25.3 Å². The minimum absolute atomic E-state index is 0.00847. The third-order valence-electron chi connectivity index (χ3n) is 5.42. The van der Waals surface area contributed by atoms with Gasteiger partial charge in [-0.25, -0.2) is 4.79 Å². The van der Waals surface area contributed by atoms with E-state index < -0.39 is 29.8 Å². The van der Waals surface area contributed by atoms with Crippen molar-refractivity contribution < 1.29 is 28.5 Å². The Bertz CT molecular complexity index is 759. The lowest BCUT2D eigenvalue weighted by Gasteiger charge is -2.26. The van der Waals surface area contributed by atoms with Crippen LogP contribution in [0.25, 0.3) is 0 Å². The summed E-state index contributed by atoms with van der Waals surface area (Å²) in [6.45, 7) is 4.15. The minimum atomic E-state index is -0.809. The smallest absolute Gasteiger partial charge is 0.328 e. The number of nitrogens with two attached hydrogens (primary N) is 1. The quantitative estimate of drug-likeness (QED) is 0.344. The molecule has 3 rings (SSSR count). The number of rotatable bonds is 5. The molecule has 0 fully saturated rings. The van der Waals surface area contributed by atoms with Crippen molar-refractivity contribution in [3.63, 3.8) is 0 Å². The lowest BCUT2D eigenvalue weighted by Crippen LogP contribution is -2.54. The van der Waals surface area contributed by atoms with Crippen LogP contribution in [-0.2, 0) is 30.2 Å². The SMILES string of the molecule is COC(=O)[C@@H]1CCCCOc2ccc(cc2)C[C@H](BOCN)C(=O)N[C@@H](C(C)C)C(=O)N1. The fourth-order valence-electron chi connectivity index (χ4n) is 3.54. The molecule has 0 spiro atoms. The van der Waals surface area contributed by atoms with Gasteiger partial charge in [-0.3, -0.25) is 9.59 Å². The monoisotopic (exact) mass is 447 g/mol. The second-order valence-electron chi connectivity index (χ2n) is 8.24. The molecule has 2 heterocycles. The van der Waals surface area contributed by atoms with Gasteiger partial charge in [0.25, 0.3) is 7.48 Å². The molecule has 10 heteroatoms. The normalized spacial score (nSPS) is 23.0. The summed E-state index contributed by atoms with van der Waals surface area (Å²) in [5.74, 6) is -1.25. The van der Waals surface area contributed by atoms with Crippen molar-refractivity contribution in [2.24, 2.45) is 11.7 Å². The maximum absolute atomic E-state index is 13.1. The van der Waals surface area contributed by atoms with Crippen LogP contribution in [0.15, 0.2) is 24.3 Å². The second-order valence-corrected chi connectivity index (χ2v) is 8.24. The molecule has 3 atom stereocenters. The summed E-state index contributed by atoms with van der Waals surface area (Å²) in [5.41, 5.74) is 6.40. The van der Waals surface area contributed by atoms with Gasteiger partial charge >= 0.3 is 5.97 Å². The van der Waals surface area contributed by atoms with Crippen molar-refractivity contribution in [1.82, 2.24) is 10.6 Å². The van der Waals surface area contributed by atoms with Gasteiger partial charge in [0.1, 0.15) is 17.8 Å². The van der Waals surface area contributed by atoms with Gasteiger partial charge in [-0.2, -0.15) is 0 Å². The van der Waals surface area contributed by atoms with Crippen LogP contribution in [0.1, 0.15) is 38.7 Å². The first-order valence-electron chi connectivity index (χ1n) is 11.0. The first-order chi connectivity index (χ1) is 15.3. The average Bonchev–Trinajstić information content (AvgIpc) is 2.78. The number of methoxy groups -OCH3 is 1. The zero-order chi connectivity index (χ0) is 23.5. The highest BCUT2D eigenvalue weighted by Crippen LogP contribution is 2.19. The largest absolute Gasteiger partial charge is 0.494 e. The number of benzene rings is 1. The molecule has 4 N–H and O–H groups in total. The summed E-state index contributed by atoms with van der Waals surface area (Å²) in [6.07, 6.45) is 2.21. The second kappa shape index (κ2) is 13.1. The van der Waals surface area contributed by atoms with E-state index in [0.29, 0.717) is 32.3 Å². The Hall–Kier alpha value is -2.59. The molecule has 9 nitrogen and oxygen atoms in total. The summed E-state index contributed by atoms with van der Waals surface area (Å²) in [7, 11) is 1.41. The lowest BCUT2D eigenvalue weighted by atomic mass is 9.75. The van der Waals surface area contributed by atoms with Gasteiger partial charge < -0.3 is 30.5 Å². The van der Waals surface area contributed by atoms with Crippen molar-refractivity contribution in [2.45, 2.75) is 57.4 Å². The van der Waals surface area contributed by atoms with Gasteiger partial charge in [-0.05, 0) is 49.3 Å². The van der Waals surface area contributed by atoms with Crippen molar-refractivity contribution in [2.75, 3.05) is 20.4 Å². The highest BCUT2D eigenvalue weighted by Gasteiger charge is 2.31. The molecule has 176 valence electrons. The number of carbonyl (C=O) groups excluding carboxylic acids is 3. The van der Waals surface area contributed by atoms with Crippen molar-refractivity contribution in [3.05, 3.63) is 29.8 Å². The van der Waals surface area contributed by atoms with Crippen molar-refractivity contribution in [1.29, 1.82) is 0 Å². The number of fused-ring (bicyclic) bond motifs is 14. The first kappa shape index (κ1) is 25.7. The molecule has 2 amide bonds. The van der Waals surface area contributed by atoms with Gasteiger partial charge in [0, 0.05) is 5.82 Å². The zero-order valence-corrected chi connectivity index (χ0v) is 19.1. The van der Waals surface area contributed by atoms with Crippen LogP contribution in [-0.4, -0.2) is 57.8 Å². The lowest BCUT2D eigenvalue weighted by molar-refractivity contribution is -0.145. The predicted molar refractivity (Wildman–Crippen MR) is 121 cm³/mol. The molecular formula is C22H34BN3O6. The summed E-state index contributed by atoms with van der Waals surface area (Å²) < 4.78 is 15.9. The average molecular weight is 447 g/mol. The van der Waals surface area contributed by atoms with E-state index in [-0.39, 0.29) is 26.0 Å². The van der Waals surface area contributed by atoms with Gasteiger partial charge in [0.05, 0.1) is 20.4 Å². The number of amides is 2. The van der Waals surface area contributed by atoms with Gasteiger partial charge in [0.2, 0.25) is 11.8 Å². The van der Waals surface area contributed by atoms with E-state index in [1.165, 1.54) is 7.11 Å². The Balaban J connectivity index is 2.29.